The molecule has 0 aliphatic heterocycles. The highest BCUT2D eigenvalue weighted by atomic mass is 16.1. The minimum absolute atomic E-state index is 0.0324. The number of anilines is 2. The molecule has 5 heteroatoms. The van der Waals surface area contributed by atoms with Crippen LogP contribution in [0.1, 0.15) is 12.5 Å². The zero-order valence-electron chi connectivity index (χ0n) is 20.3. The summed E-state index contributed by atoms with van der Waals surface area (Å²) in [5, 5.41) is 0. The average Bonchev–Trinajstić information content (AvgIpc) is 3.28. The summed E-state index contributed by atoms with van der Waals surface area (Å²) >= 11 is 0. The first-order valence-electron chi connectivity index (χ1n) is 11.3. The highest BCUT2D eigenvalue weighted by Crippen LogP contribution is 2.34. The van der Waals surface area contributed by atoms with Crippen molar-refractivity contribution in [1.29, 1.82) is 0 Å². The van der Waals surface area contributed by atoms with Gasteiger partial charge < -0.3 is 14.8 Å². The van der Waals surface area contributed by atoms with Gasteiger partial charge >= 0.3 is 0 Å². The number of H-pyrrole nitrogens is 1. The Morgan fingerprint density at radius 3 is 1.74 bits per heavy atom. The SMILES string of the molecule is CC(=O)/C=C/c1ccc(-c2nc(-c3ccc(N(C)C)cc3)c(-c3ccc(N(C)C)cc3)[nH]2)cc1. The summed E-state index contributed by atoms with van der Waals surface area (Å²) in [6, 6.07) is 25.0. The molecule has 0 saturated carbocycles. The number of nitrogens with one attached hydrogen (secondary N) is 1. The van der Waals surface area contributed by atoms with Gasteiger partial charge in [0.15, 0.2) is 5.78 Å². The fraction of sp³-hybridized carbons (Fsp3) is 0.172. The van der Waals surface area contributed by atoms with Crippen LogP contribution in [0.3, 0.4) is 0 Å². The lowest BCUT2D eigenvalue weighted by Crippen LogP contribution is -2.08. The second-order valence-corrected chi connectivity index (χ2v) is 8.76. The van der Waals surface area contributed by atoms with E-state index in [-0.39, 0.29) is 5.78 Å². The Balaban J connectivity index is 1.77. The number of rotatable bonds is 7. The fourth-order valence-corrected chi connectivity index (χ4v) is 3.74. The lowest BCUT2D eigenvalue weighted by molar-refractivity contribution is -0.112. The first-order chi connectivity index (χ1) is 16.3. The Hall–Kier alpha value is -4.12. The van der Waals surface area contributed by atoms with Gasteiger partial charge in [-0.2, -0.15) is 0 Å². The zero-order valence-corrected chi connectivity index (χ0v) is 20.3. The quantitative estimate of drug-likeness (QED) is 0.343. The summed E-state index contributed by atoms with van der Waals surface area (Å²) in [7, 11) is 8.15. The standard InChI is InChI=1S/C29H30N4O/c1-20(34)6-7-21-8-10-24(11-9-21)29-30-27(22-12-16-25(17-13-22)32(2)3)28(31-29)23-14-18-26(19-15-23)33(4)5/h6-19H,1-5H3,(H,30,31)/b7-6+. The van der Waals surface area contributed by atoms with Crippen LogP contribution in [0.2, 0.25) is 0 Å². The Morgan fingerprint density at radius 2 is 1.24 bits per heavy atom. The van der Waals surface area contributed by atoms with Crippen LogP contribution in [-0.4, -0.2) is 43.9 Å². The van der Waals surface area contributed by atoms with Crippen molar-refractivity contribution in [3.8, 4) is 33.9 Å². The van der Waals surface area contributed by atoms with E-state index in [2.05, 4.69) is 63.3 Å². The maximum absolute atomic E-state index is 11.2. The number of allylic oxidation sites excluding steroid dienone is 1. The number of ketones is 1. The van der Waals surface area contributed by atoms with Gasteiger partial charge in [0, 0.05) is 56.3 Å². The van der Waals surface area contributed by atoms with Crippen LogP contribution in [0, 0.1) is 0 Å². The van der Waals surface area contributed by atoms with Crippen LogP contribution in [0.4, 0.5) is 11.4 Å². The smallest absolute Gasteiger partial charge is 0.152 e. The van der Waals surface area contributed by atoms with Gasteiger partial charge in [-0.15, -0.1) is 0 Å². The normalized spacial score (nSPS) is 11.1. The number of aromatic amines is 1. The molecular formula is C29H30N4O. The van der Waals surface area contributed by atoms with E-state index >= 15 is 0 Å². The van der Waals surface area contributed by atoms with E-state index < -0.39 is 0 Å². The van der Waals surface area contributed by atoms with Gasteiger partial charge in [-0.1, -0.05) is 54.6 Å². The molecule has 1 aromatic heterocycles. The van der Waals surface area contributed by atoms with E-state index in [1.807, 2.05) is 58.5 Å². The summed E-state index contributed by atoms with van der Waals surface area (Å²) in [5.41, 5.74) is 8.29. The fourth-order valence-electron chi connectivity index (χ4n) is 3.74. The van der Waals surface area contributed by atoms with Crippen LogP contribution < -0.4 is 9.80 Å². The molecule has 4 aromatic rings. The van der Waals surface area contributed by atoms with Crippen molar-refractivity contribution in [3.05, 3.63) is 84.4 Å². The second-order valence-electron chi connectivity index (χ2n) is 8.76. The number of carbonyl (C=O) groups is 1. The predicted molar refractivity (Wildman–Crippen MR) is 143 cm³/mol. The van der Waals surface area contributed by atoms with Crippen LogP contribution >= 0.6 is 0 Å². The topological polar surface area (TPSA) is 52.2 Å². The molecule has 0 radical (unpaired) electrons. The molecule has 0 amide bonds. The number of hydrogen-bond acceptors (Lipinski definition) is 4. The van der Waals surface area contributed by atoms with E-state index in [4.69, 9.17) is 4.98 Å². The number of benzene rings is 3. The monoisotopic (exact) mass is 450 g/mol. The molecule has 172 valence electrons. The molecule has 5 nitrogen and oxygen atoms in total. The zero-order chi connectivity index (χ0) is 24.2. The molecule has 1 N–H and O–H groups in total. The van der Waals surface area contributed by atoms with Crippen LogP contribution in [-0.2, 0) is 4.79 Å². The minimum atomic E-state index is 0.0324. The lowest BCUT2D eigenvalue weighted by atomic mass is 10.0. The molecule has 0 aliphatic carbocycles. The Morgan fingerprint density at radius 1 is 0.735 bits per heavy atom. The van der Waals surface area contributed by atoms with E-state index in [0.29, 0.717) is 0 Å². The van der Waals surface area contributed by atoms with Gasteiger partial charge in [-0.3, -0.25) is 4.79 Å². The number of imidazole rings is 1. The summed E-state index contributed by atoms with van der Waals surface area (Å²) in [5.74, 6) is 0.838. The molecule has 0 unspecified atom stereocenters. The maximum Gasteiger partial charge on any atom is 0.152 e. The molecule has 34 heavy (non-hydrogen) atoms. The summed E-state index contributed by atoms with van der Waals surface area (Å²) < 4.78 is 0. The van der Waals surface area contributed by atoms with Gasteiger partial charge in [0.05, 0.1) is 11.4 Å². The molecule has 0 saturated heterocycles. The third kappa shape index (κ3) is 5.09. The number of carbonyl (C=O) groups excluding carboxylic acids is 1. The second kappa shape index (κ2) is 9.79. The van der Waals surface area contributed by atoms with E-state index in [1.54, 1.807) is 13.0 Å². The van der Waals surface area contributed by atoms with Crippen LogP contribution in [0.25, 0.3) is 40.0 Å². The van der Waals surface area contributed by atoms with Gasteiger partial charge in [-0.25, -0.2) is 4.98 Å². The van der Waals surface area contributed by atoms with Gasteiger partial charge in [-0.05, 0) is 42.8 Å². The molecule has 0 aliphatic rings. The van der Waals surface area contributed by atoms with E-state index in [9.17, 15) is 4.79 Å². The molecule has 1 heterocycles. The van der Waals surface area contributed by atoms with Gasteiger partial charge in [0.25, 0.3) is 0 Å². The van der Waals surface area contributed by atoms with Crippen molar-refractivity contribution in [3.63, 3.8) is 0 Å². The molecule has 4 rings (SSSR count). The third-order valence-corrected chi connectivity index (χ3v) is 5.73. The van der Waals surface area contributed by atoms with E-state index in [0.717, 1.165) is 50.8 Å². The van der Waals surface area contributed by atoms with Crippen molar-refractivity contribution in [2.45, 2.75) is 6.92 Å². The number of hydrogen-bond donors (Lipinski definition) is 1. The van der Waals surface area contributed by atoms with Crippen LogP contribution in [0.5, 0.6) is 0 Å². The van der Waals surface area contributed by atoms with Crippen molar-refractivity contribution in [2.24, 2.45) is 0 Å². The molecule has 3 aromatic carbocycles. The van der Waals surface area contributed by atoms with Gasteiger partial charge in [0.1, 0.15) is 5.82 Å². The summed E-state index contributed by atoms with van der Waals surface area (Å²) in [6.45, 7) is 1.55. The predicted octanol–water partition coefficient (Wildman–Crippen LogP) is 6.14. The Labute approximate surface area is 201 Å². The molecule has 0 bridgehead atoms. The van der Waals surface area contributed by atoms with Gasteiger partial charge in [0.2, 0.25) is 0 Å². The first-order valence-corrected chi connectivity index (χ1v) is 11.3. The van der Waals surface area contributed by atoms with Crippen molar-refractivity contribution in [1.82, 2.24) is 9.97 Å². The highest BCUT2D eigenvalue weighted by Gasteiger charge is 2.16. The first kappa shape index (κ1) is 23.1. The number of nitrogens with zero attached hydrogens (tertiary/aromatic N) is 3. The van der Waals surface area contributed by atoms with Crippen molar-refractivity contribution in [2.75, 3.05) is 38.0 Å². The summed E-state index contributed by atoms with van der Waals surface area (Å²) in [4.78, 5) is 24.0. The molecule has 0 spiro atoms. The average molecular weight is 451 g/mol. The van der Waals surface area contributed by atoms with Crippen molar-refractivity contribution < 1.29 is 4.79 Å². The lowest BCUT2D eigenvalue weighted by Gasteiger charge is -2.13. The minimum Gasteiger partial charge on any atom is -0.378 e. The molecule has 0 fully saturated rings. The maximum atomic E-state index is 11.2. The summed E-state index contributed by atoms with van der Waals surface area (Å²) in [6.07, 6.45) is 3.40. The third-order valence-electron chi connectivity index (χ3n) is 5.73. The Bertz CT molecular complexity index is 1230. The molecule has 0 atom stereocenters. The Kier molecular flexibility index (Phi) is 6.64. The molecular weight excluding hydrogens is 420 g/mol. The van der Waals surface area contributed by atoms with E-state index in [1.165, 1.54) is 0 Å². The van der Waals surface area contributed by atoms with Crippen molar-refractivity contribution >= 4 is 23.2 Å². The largest absolute Gasteiger partial charge is 0.378 e. The van der Waals surface area contributed by atoms with Crippen LogP contribution in [0.15, 0.2) is 78.9 Å². The highest BCUT2D eigenvalue weighted by molar-refractivity contribution is 5.91. The number of aromatic nitrogens is 2.